The number of nitrogens with one attached hydrogen (secondary N) is 1. The molecule has 214 valence electrons. The van der Waals surface area contributed by atoms with Crippen LogP contribution in [0, 0.1) is 5.92 Å². The predicted molar refractivity (Wildman–Crippen MR) is 155 cm³/mol. The number of anilines is 3. The van der Waals surface area contributed by atoms with Gasteiger partial charge in [-0.15, -0.1) is 0 Å². The number of aromatic nitrogens is 2. The molecule has 0 radical (unpaired) electrons. The zero-order chi connectivity index (χ0) is 27.5. The van der Waals surface area contributed by atoms with E-state index < -0.39 is 16.6 Å². The number of pyridine rings is 1. The van der Waals surface area contributed by atoms with Gasteiger partial charge in [0.05, 0.1) is 41.6 Å². The molecular weight excluding hydrogens is 530 g/mol. The second-order valence-electron chi connectivity index (χ2n) is 11.0. The molecule has 4 aliphatic heterocycles. The molecule has 40 heavy (non-hydrogen) atoms. The molecule has 2 N–H and O–H groups in total. The molecule has 11 heteroatoms. The first-order chi connectivity index (χ1) is 19.5. The van der Waals surface area contributed by atoms with Crippen LogP contribution in [0.25, 0.3) is 22.8 Å². The highest BCUT2D eigenvalue weighted by Crippen LogP contribution is 2.37. The second-order valence-corrected chi connectivity index (χ2v) is 12.8. The van der Waals surface area contributed by atoms with E-state index in [1.165, 1.54) is 6.42 Å². The Kier molecular flexibility index (Phi) is 7.95. The Morgan fingerprint density at radius 1 is 1.00 bits per heavy atom. The van der Waals surface area contributed by atoms with Crippen molar-refractivity contribution >= 4 is 27.2 Å². The van der Waals surface area contributed by atoms with E-state index in [2.05, 4.69) is 30.6 Å². The molecule has 4 aliphatic rings. The quantitative estimate of drug-likeness (QED) is 0.479. The van der Waals surface area contributed by atoms with Crippen molar-refractivity contribution in [2.45, 2.75) is 44.6 Å². The lowest BCUT2D eigenvalue weighted by Crippen LogP contribution is -2.37. The van der Waals surface area contributed by atoms with E-state index in [1.807, 2.05) is 24.4 Å². The van der Waals surface area contributed by atoms with E-state index in [0.29, 0.717) is 23.3 Å². The number of fused-ring (bicyclic) bond motifs is 5. The summed E-state index contributed by atoms with van der Waals surface area (Å²) in [6.07, 6.45) is 10.2. The zero-order valence-corrected chi connectivity index (χ0v) is 23.5. The zero-order valence-electron chi connectivity index (χ0n) is 22.7. The maximum atomic E-state index is 12.4. The van der Waals surface area contributed by atoms with Crippen molar-refractivity contribution in [3.63, 3.8) is 0 Å². The fraction of sp³-hybridized carbons (Fsp3) is 0.517. The summed E-state index contributed by atoms with van der Waals surface area (Å²) in [5, 5.41) is 9.14. The molecular formula is C29H37N5O5S. The first-order valence-corrected chi connectivity index (χ1v) is 15.9. The van der Waals surface area contributed by atoms with Crippen molar-refractivity contribution in [2.24, 2.45) is 5.92 Å². The number of rotatable bonds is 4. The minimum absolute atomic E-state index is 0.217. The molecule has 0 saturated carbocycles. The number of nitrogens with zero attached hydrogens (tertiary/aromatic N) is 4. The average Bonchev–Trinajstić information content (AvgIpc) is 3.46. The van der Waals surface area contributed by atoms with Crippen LogP contribution in [0.1, 0.15) is 38.5 Å². The molecule has 2 fully saturated rings. The molecule has 6 heterocycles. The molecule has 7 rings (SSSR count). The number of hydrogen-bond acceptors (Lipinski definition) is 9. The third-order valence-corrected chi connectivity index (χ3v) is 9.40. The van der Waals surface area contributed by atoms with Crippen LogP contribution in [-0.4, -0.2) is 74.7 Å². The Labute approximate surface area is 235 Å². The highest BCUT2D eigenvalue weighted by Gasteiger charge is 2.26. The Morgan fingerprint density at radius 2 is 1.85 bits per heavy atom. The fourth-order valence-corrected chi connectivity index (χ4v) is 6.89. The molecule has 1 unspecified atom stereocenters. The van der Waals surface area contributed by atoms with Gasteiger partial charge in [-0.3, -0.25) is 4.72 Å². The standard InChI is InChI=1S/C29H37N5O5S/c35-14-16-40(36,37)32-23-5-6-25-26(18-23)33-12-8-24(9-13-33)38-15-2-4-21-3-1-11-34(20-21)28-17-22(7-10-30-28)27-19-31-29(25)39-27/h5-7,10,17-19,21,24,32,35H,1-4,8-9,11-16,20H2. The van der Waals surface area contributed by atoms with Gasteiger partial charge in [0.25, 0.3) is 0 Å². The van der Waals surface area contributed by atoms with Crippen LogP contribution in [0.15, 0.2) is 47.1 Å². The number of benzene rings is 1. The van der Waals surface area contributed by atoms with Crippen molar-refractivity contribution in [3.8, 4) is 22.8 Å². The maximum Gasteiger partial charge on any atom is 0.234 e. The lowest BCUT2D eigenvalue weighted by atomic mass is 9.93. The predicted octanol–water partition coefficient (Wildman–Crippen LogP) is 4.13. The summed E-state index contributed by atoms with van der Waals surface area (Å²) in [6, 6.07) is 9.41. The van der Waals surface area contributed by atoms with Crippen molar-refractivity contribution in [2.75, 3.05) is 59.7 Å². The molecule has 0 amide bonds. The number of aliphatic hydroxyl groups excluding tert-OH is 1. The number of piperidine rings is 2. The van der Waals surface area contributed by atoms with Crippen LogP contribution in [0.4, 0.5) is 17.2 Å². The maximum absolute atomic E-state index is 12.4. The van der Waals surface area contributed by atoms with Crippen molar-refractivity contribution in [3.05, 3.63) is 42.7 Å². The fourth-order valence-electron chi connectivity index (χ4n) is 6.06. The van der Waals surface area contributed by atoms with E-state index in [-0.39, 0.29) is 11.9 Å². The minimum Gasteiger partial charge on any atom is -0.436 e. The van der Waals surface area contributed by atoms with Crippen molar-refractivity contribution in [1.29, 1.82) is 0 Å². The Hall–Kier alpha value is -3.15. The van der Waals surface area contributed by atoms with Crippen LogP contribution in [-0.2, 0) is 14.8 Å². The van der Waals surface area contributed by atoms with Crippen molar-refractivity contribution < 1.29 is 22.7 Å². The van der Waals surface area contributed by atoms with E-state index >= 15 is 0 Å². The van der Waals surface area contributed by atoms with Gasteiger partial charge in [0.15, 0.2) is 5.76 Å². The lowest BCUT2D eigenvalue weighted by molar-refractivity contribution is 0.0330. The Bertz CT molecular complexity index is 1420. The highest BCUT2D eigenvalue weighted by atomic mass is 32.2. The minimum atomic E-state index is -3.66. The molecule has 2 aromatic heterocycles. The van der Waals surface area contributed by atoms with Gasteiger partial charge in [0, 0.05) is 44.5 Å². The van der Waals surface area contributed by atoms with E-state index in [9.17, 15) is 8.42 Å². The van der Waals surface area contributed by atoms with Crippen LogP contribution in [0.5, 0.6) is 0 Å². The van der Waals surface area contributed by atoms with Gasteiger partial charge in [-0.1, -0.05) is 0 Å². The van der Waals surface area contributed by atoms with Crippen LogP contribution < -0.4 is 14.5 Å². The number of ether oxygens (including phenoxy) is 1. The highest BCUT2D eigenvalue weighted by molar-refractivity contribution is 7.92. The average molecular weight is 568 g/mol. The van der Waals surface area contributed by atoms with Crippen molar-refractivity contribution in [1.82, 2.24) is 9.97 Å². The number of sulfonamides is 1. The lowest BCUT2D eigenvalue weighted by Gasteiger charge is -2.35. The first-order valence-electron chi connectivity index (χ1n) is 14.3. The summed E-state index contributed by atoms with van der Waals surface area (Å²) in [4.78, 5) is 13.9. The third kappa shape index (κ3) is 6.11. The van der Waals surface area contributed by atoms with E-state index in [4.69, 9.17) is 14.3 Å². The summed E-state index contributed by atoms with van der Waals surface area (Å²) in [5.74, 6) is 2.38. The molecule has 1 atom stereocenters. The molecule has 10 nitrogen and oxygen atoms in total. The van der Waals surface area contributed by atoms with Gasteiger partial charge in [-0.25, -0.2) is 18.4 Å². The molecule has 1 aromatic carbocycles. The van der Waals surface area contributed by atoms with Gasteiger partial charge in [0.2, 0.25) is 15.9 Å². The summed E-state index contributed by atoms with van der Waals surface area (Å²) in [7, 11) is -3.66. The normalized spacial score (nSPS) is 21.7. The SMILES string of the molecule is O=S(=O)(CCO)Nc1ccc2c(c1)N1CCC(CC1)OCCCC1CCCN(C1)c1cc(ccn1)-c1cnc-2o1. The first kappa shape index (κ1) is 27.0. The second kappa shape index (κ2) is 11.8. The Morgan fingerprint density at radius 3 is 2.70 bits per heavy atom. The summed E-state index contributed by atoms with van der Waals surface area (Å²) in [5.41, 5.74) is 3.01. The third-order valence-electron chi connectivity index (χ3n) is 8.13. The molecule has 8 bridgehead atoms. The Balaban J connectivity index is 1.37. The molecule has 2 saturated heterocycles. The topological polar surface area (TPSA) is 121 Å². The molecule has 0 aliphatic carbocycles. The number of oxazole rings is 1. The van der Waals surface area contributed by atoms with E-state index in [1.54, 1.807) is 12.3 Å². The monoisotopic (exact) mass is 567 g/mol. The van der Waals surface area contributed by atoms with Gasteiger partial charge < -0.3 is 24.1 Å². The van der Waals surface area contributed by atoms with Crippen LogP contribution >= 0.6 is 0 Å². The summed E-state index contributed by atoms with van der Waals surface area (Å²) >= 11 is 0. The smallest absolute Gasteiger partial charge is 0.234 e. The van der Waals surface area contributed by atoms with Gasteiger partial charge in [-0.2, -0.15) is 0 Å². The van der Waals surface area contributed by atoms with Gasteiger partial charge >= 0.3 is 0 Å². The molecule has 3 aromatic rings. The summed E-state index contributed by atoms with van der Waals surface area (Å²) < 4.78 is 39.9. The number of hydrogen-bond donors (Lipinski definition) is 2. The summed E-state index contributed by atoms with van der Waals surface area (Å²) in [6.45, 7) is 3.91. The molecule has 0 spiro atoms. The van der Waals surface area contributed by atoms with Gasteiger partial charge in [0.1, 0.15) is 5.82 Å². The number of aliphatic hydroxyl groups is 1. The largest absolute Gasteiger partial charge is 0.436 e. The van der Waals surface area contributed by atoms with Gasteiger partial charge in [-0.05, 0) is 74.8 Å². The van der Waals surface area contributed by atoms with Crippen LogP contribution in [0.3, 0.4) is 0 Å². The van der Waals surface area contributed by atoms with Crippen LogP contribution in [0.2, 0.25) is 0 Å². The van der Waals surface area contributed by atoms with E-state index in [0.717, 1.165) is 87.5 Å².